The number of nitrogens with zero attached hydrogens (tertiary/aromatic N) is 1. The second kappa shape index (κ2) is 9.59. The van der Waals surface area contributed by atoms with E-state index in [9.17, 15) is 13.6 Å². The summed E-state index contributed by atoms with van der Waals surface area (Å²) in [6.07, 6.45) is 0.550. The van der Waals surface area contributed by atoms with E-state index in [2.05, 4.69) is 0 Å². The zero-order valence-corrected chi connectivity index (χ0v) is 19.4. The summed E-state index contributed by atoms with van der Waals surface area (Å²) in [5.74, 6) is -0.326. The van der Waals surface area contributed by atoms with Gasteiger partial charge in [0.25, 0.3) is 5.91 Å². The largest absolute Gasteiger partial charge is 0.493 e. The van der Waals surface area contributed by atoms with Gasteiger partial charge < -0.3 is 23.8 Å². The van der Waals surface area contributed by atoms with Crippen molar-refractivity contribution in [3.05, 3.63) is 82.4 Å². The van der Waals surface area contributed by atoms with Gasteiger partial charge >= 0.3 is 0 Å². The number of amides is 1. The van der Waals surface area contributed by atoms with Crippen LogP contribution in [0.2, 0.25) is 0 Å². The van der Waals surface area contributed by atoms with Crippen molar-refractivity contribution in [3.63, 3.8) is 0 Å². The summed E-state index contributed by atoms with van der Waals surface area (Å²) in [4.78, 5) is 15.2. The highest BCUT2D eigenvalue weighted by Crippen LogP contribution is 2.43. The van der Waals surface area contributed by atoms with Gasteiger partial charge in [-0.25, -0.2) is 8.78 Å². The predicted molar refractivity (Wildman–Crippen MR) is 122 cm³/mol. The molecule has 0 saturated heterocycles. The number of rotatable bonds is 6. The molecule has 6 nitrogen and oxygen atoms in total. The zero-order valence-electron chi connectivity index (χ0n) is 19.4. The van der Waals surface area contributed by atoms with E-state index < -0.39 is 23.6 Å². The van der Waals surface area contributed by atoms with E-state index in [1.807, 2.05) is 18.2 Å². The number of ether oxygens (including phenoxy) is 4. The monoisotopic (exact) mass is 469 g/mol. The summed E-state index contributed by atoms with van der Waals surface area (Å²) in [6.45, 7) is 0.360. The minimum absolute atomic E-state index is 0.0632. The van der Waals surface area contributed by atoms with Crippen molar-refractivity contribution in [1.29, 1.82) is 0 Å². The van der Waals surface area contributed by atoms with Gasteiger partial charge in [0, 0.05) is 12.1 Å². The van der Waals surface area contributed by atoms with Gasteiger partial charge in [-0.05, 0) is 65.6 Å². The Hall–Kier alpha value is -3.81. The number of hydrogen-bond donors (Lipinski definition) is 0. The van der Waals surface area contributed by atoms with Crippen LogP contribution in [0.1, 0.15) is 33.1 Å². The molecule has 1 aliphatic rings. The minimum Gasteiger partial charge on any atom is -0.493 e. The summed E-state index contributed by atoms with van der Waals surface area (Å²) < 4.78 is 49.2. The third kappa shape index (κ3) is 4.11. The lowest BCUT2D eigenvalue weighted by molar-refractivity contribution is 0.0693. The number of carbonyl (C=O) groups is 1. The van der Waals surface area contributed by atoms with Gasteiger partial charge in [-0.3, -0.25) is 4.79 Å². The number of hydrogen-bond acceptors (Lipinski definition) is 5. The fraction of sp³-hybridized carbons (Fsp3) is 0.269. The maximum absolute atomic E-state index is 13.9. The smallest absolute Gasteiger partial charge is 0.254 e. The van der Waals surface area contributed by atoms with Crippen LogP contribution in [0.5, 0.6) is 23.0 Å². The standard InChI is InChI=1S/C26H25F2NO5/c1-31-21-8-6-16(13-22(21)32-2)25-18-14-24(34-4)23(33-3)12-15(18)9-10-29(25)26(30)17-5-7-19(27)20(28)11-17/h5-8,11-14,25H,9-10H2,1-4H3. The van der Waals surface area contributed by atoms with Gasteiger partial charge in [0.1, 0.15) is 0 Å². The number of methoxy groups -OCH3 is 4. The first-order valence-corrected chi connectivity index (χ1v) is 10.6. The van der Waals surface area contributed by atoms with Gasteiger partial charge in [0.2, 0.25) is 0 Å². The van der Waals surface area contributed by atoms with E-state index in [-0.39, 0.29) is 5.56 Å². The highest BCUT2D eigenvalue weighted by Gasteiger charge is 2.34. The Morgan fingerprint density at radius 2 is 1.44 bits per heavy atom. The molecule has 0 N–H and O–H groups in total. The van der Waals surface area contributed by atoms with Gasteiger partial charge in [0.15, 0.2) is 34.6 Å². The highest BCUT2D eigenvalue weighted by molar-refractivity contribution is 5.95. The van der Waals surface area contributed by atoms with Crippen LogP contribution in [0, 0.1) is 11.6 Å². The molecule has 1 amide bonds. The molecule has 1 unspecified atom stereocenters. The Morgan fingerprint density at radius 1 is 0.794 bits per heavy atom. The summed E-state index contributed by atoms with van der Waals surface area (Å²) >= 11 is 0. The van der Waals surface area contributed by atoms with Crippen LogP contribution in [0.25, 0.3) is 0 Å². The Bertz CT molecular complexity index is 1230. The molecule has 3 aromatic carbocycles. The molecule has 0 spiro atoms. The molecular weight excluding hydrogens is 444 g/mol. The number of carbonyl (C=O) groups excluding carboxylic acids is 1. The van der Waals surface area contributed by atoms with Crippen LogP contribution in [-0.4, -0.2) is 45.8 Å². The van der Waals surface area contributed by atoms with Crippen LogP contribution in [-0.2, 0) is 6.42 Å². The van der Waals surface area contributed by atoms with E-state index in [4.69, 9.17) is 18.9 Å². The van der Waals surface area contributed by atoms with E-state index in [1.165, 1.54) is 13.2 Å². The van der Waals surface area contributed by atoms with Crippen LogP contribution >= 0.6 is 0 Å². The highest BCUT2D eigenvalue weighted by atomic mass is 19.2. The minimum atomic E-state index is -1.07. The van der Waals surface area contributed by atoms with Gasteiger partial charge in [-0.2, -0.15) is 0 Å². The van der Waals surface area contributed by atoms with Gasteiger partial charge in [-0.15, -0.1) is 0 Å². The van der Waals surface area contributed by atoms with Crippen molar-refractivity contribution in [2.24, 2.45) is 0 Å². The predicted octanol–water partition coefficient (Wildman–Crippen LogP) is 4.79. The molecule has 3 aromatic rings. The quantitative estimate of drug-likeness (QED) is 0.520. The first-order chi connectivity index (χ1) is 16.4. The van der Waals surface area contributed by atoms with Crippen molar-refractivity contribution in [1.82, 2.24) is 4.90 Å². The summed E-state index contributed by atoms with van der Waals surface area (Å²) in [6, 6.07) is 11.8. The second-order valence-electron chi connectivity index (χ2n) is 7.80. The lowest BCUT2D eigenvalue weighted by Crippen LogP contribution is -2.40. The molecule has 4 rings (SSSR count). The lowest BCUT2D eigenvalue weighted by atomic mass is 9.87. The average Bonchev–Trinajstić information content (AvgIpc) is 2.87. The molecule has 1 aliphatic heterocycles. The second-order valence-corrected chi connectivity index (χ2v) is 7.80. The fourth-order valence-corrected chi connectivity index (χ4v) is 4.34. The molecule has 1 atom stereocenters. The molecule has 34 heavy (non-hydrogen) atoms. The van der Waals surface area contributed by atoms with Crippen LogP contribution < -0.4 is 18.9 Å². The van der Waals surface area contributed by atoms with Crippen molar-refractivity contribution >= 4 is 5.91 Å². The van der Waals surface area contributed by atoms with E-state index in [0.29, 0.717) is 36.0 Å². The van der Waals surface area contributed by atoms with Crippen molar-refractivity contribution < 1.29 is 32.5 Å². The van der Waals surface area contributed by atoms with E-state index in [0.717, 1.165) is 28.8 Å². The molecular formula is C26H25F2NO5. The molecule has 8 heteroatoms. The summed E-state index contributed by atoms with van der Waals surface area (Å²) in [5, 5.41) is 0. The molecule has 1 heterocycles. The van der Waals surface area contributed by atoms with Crippen molar-refractivity contribution in [2.75, 3.05) is 35.0 Å². The molecule has 0 aliphatic carbocycles. The van der Waals surface area contributed by atoms with Crippen LogP contribution in [0.3, 0.4) is 0 Å². The van der Waals surface area contributed by atoms with Crippen LogP contribution in [0.15, 0.2) is 48.5 Å². The maximum atomic E-state index is 13.9. The first-order valence-electron chi connectivity index (χ1n) is 10.6. The molecule has 0 saturated carbocycles. The normalized spacial score (nSPS) is 14.9. The summed E-state index contributed by atoms with van der Waals surface area (Å²) in [5.41, 5.74) is 2.66. The van der Waals surface area contributed by atoms with Gasteiger partial charge in [0.05, 0.1) is 34.5 Å². The van der Waals surface area contributed by atoms with Crippen molar-refractivity contribution in [2.45, 2.75) is 12.5 Å². The lowest BCUT2D eigenvalue weighted by Gasteiger charge is -2.38. The average molecular weight is 469 g/mol. The third-order valence-electron chi connectivity index (χ3n) is 6.02. The Morgan fingerprint density at radius 3 is 2.09 bits per heavy atom. The fourth-order valence-electron chi connectivity index (χ4n) is 4.34. The molecule has 178 valence electrons. The number of fused-ring (bicyclic) bond motifs is 1. The Labute approximate surface area is 196 Å². The number of halogens is 2. The first kappa shape index (κ1) is 23.4. The topological polar surface area (TPSA) is 57.2 Å². The maximum Gasteiger partial charge on any atom is 0.254 e. The van der Waals surface area contributed by atoms with Crippen LogP contribution in [0.4, 0.5) is 8.78 Å². The molecule has 0 bridgehead atoms. The molecule has 0 fully saturated rings. The Kier molecular flexibility index (Phi) is 6.58. The summed E-state index contributed by atoms with van der Waals surface area (Å²) in [7, 11) is 6.19. The number of benzene rings is 3. The van der Waals surface area contributed by atoms with E-state index in [1.54, 1.807) is 38.4 Å². The van der Waals surface area contributed by atoms with E-state index >= 15 is 0 Å². The Balaban J connectivity index is 1.88. The van der Waals surface area contributed by atoms with Crippen molar-refractivity contribution in [3.8, 4) is 23.0 Å². The molecule has 0 aromatic heterocycles. The SMILES string of the molecule is COc1ccc(C2c3cc(OC)c(OC)cc3CCN2C(=O)c2ccc(F)c(F)c2)cc1OC. The molecule has 0 radical (unpaired) electrons. The zero-order chi connectivity index (χ0) is 24.4. The third-order valence-corrected chi connectivity index (χ3v) is 6.02. The van der Waals surface area contributed by atoms with Gasteiger partial charge in [-0.1, -0.05) is 6.07 Å².